The minimum atomic E-state index is 0.516. The van der Waals surface area contributed by atoms with Crippen LogP contribution in [-0.2, 0) is 0 Å². The Morgan fingerprint density at radius 3 is 2.40 bits per heavy atom. The van der Waals surface area contributed by atoms with E-state index in [-0.39, 0.29) is 0 Å². The Balaban J connectivity index is 2.20. The van der Waals surface area contributed by atoms with Gasteiger partial charge in [0.15, 0.2) is 5.82 Å². The molecule has 0 aromatic carbocycles. The SMILES string of the molecule is CNc1nc(C2CC2)nc(-n2nc(C)c(Br)c2C)c1C. The number of halogens is 1. The van der Waals surface area contributed by atoms with E-state index in [2.05, 4.69) is 31.3 Å². The molecular formula is C14H18BrN5. The molecule has 0 amide bonds. The highest BCUT2D eigenvalue weighted by Gasteiger charge is 2.29. The molecular weight excluding hydrogens is 318 g/mol. The van der Waals surface area contributed by atoms with Crippen molar-refractivity contribution < 1.29 is 0 Å². The van der Waals surface area contributed by atoms with Crippen LogP contribution in [0, 0.1) is 20.8 Å². The molecule has 2 aromatic rings. The van der Waals surface area contributed by atoms with Crippen LogP contribution in [0.15, 0.2) is 4.47 Å². The molecule has 0 saturated heterocycles. The summed E-state index contributed by atoms with van der Waals surface area (Å²) < 4.78 is 2.94. The summed E-state index contributed by atoms with van der Waals surface area (Å²) in [5.74, 6) is 3.21. The zero-order valence-corrected chi connectivity index (χ0v) is 13.7. The van der Waals surface area contributed by atoms with Gasteiger partial charge in [-0.2, -0.15) is 5.10 Å². The molecule has 0 spiro atoms. The summed E-state index contributed by atoms with van der Waals surface area (Å²) in [5, 5.41) is 7.75. The van der Waals surface area contributed by atoms with E-state index in [4.69, 9.17) is 4.98 Å². The van der Waals surface area contributed by atoms with E-state index in [0.717, 1.165) is 38.9 Å². The van der Waals surface area contributed by atoms with E-state index < -0.39 is 0 Å². The summed E-state index contributed by atoms with van der Waals surface area (Å²) in [5.41, 5.74) is 3.06. The van der Waals surface area contributed by atoms with Crippen LogP contribution < -0.4 is 5.32 Å². The molecule has 1 N–H and O–H groups in total. The van der Waals surface area contributed by atoms with E-state index in [0.29, 0.717) is 5.92 Å². The normalized spacial score (nSPS) is 14.7. The molecule has 5 nitrogen and oxygen atoms in total. The Bertz CT molecular complexity index is 673. The smallest absolute Gasteiger partial charge is 0.162 e. The van der Waals surface area contributed by atoms with E-state index in [9.17, 15) is 0 Å². The van der Waals surface area contributed by atoms with E-state index in [1.54, 1.807) is 0 Å². The third kappa shape index (κ3) is 2.12. The Labute approximate surface area is 127 Å². The number of anilines is 1. The van der Waals surface area contributed by atoms with Crippen LogP contribution in [0.4, 0.5) is 5.82 Å². The topological polar surface area (TPSA) is 55.6 Å². The maximum Gasteiger partial charge on any atom is 0.162 e. The monoisotopic (exact) mass is 335 g/mol. The van der Waals surface area contributed by atoms with Crippen LogP contribution in [0.5, 0.6) is 0 Å². The van der Waals surface area contributed by atoms with Gasteiger partial charge in [0.25, 0.3) is 0 Å². The van der Waals surface area contributed by atoms with Gasteiger partial charge in [0.05, 0.1) is 15.9 Å². The summed E-state index contributed by atoms with van der Waals surface area (Å²) in [4.78, 5) is 9.38. The van der Waals surface area contributed by atoms with Crippen molar-refractivity contribution in [1.29, 1.82) is 0 Å². The summed E-state index contributed by atoms with van der Waals surface area (Å²) in [6.45, 7) is 6.06. The first-order valence-corrected chi connectivity index (χ1v) is 7.60. The fourth-order valence-corrected chi connectivity index (χ4v) is 2.57. The second-order valence-electron chi connectivity index (χ2n) is 5.30. The summed E-state index contributed by atoms with van der Waals surface area (Å²) in [7, 11) is 1.90. The van der Waals surface area contributed by atoms with Crippen molar-refractivity contribution in [2.24, 2.45) is 0 Å². The van der Waals surface area contributed by atoms with Crippen LogP contribution in [0.3, 0.4) is 0 Å². The molecule has 1 aliphatic rings. The van der Waals surface area contributed by atoms with Gasteiger partial charge in [0, 0.05) is 18.5 Å². The number of hydrogen-bond donors (Lipinski definition) is 1. The summed E-state index contributed by atoms with van der Waals surface area (Å²) in [6.07, 6.45) is 2.37. The molecule has 106 valence electrons. The lowest BCUT2D eigenvalue weighted by Crippen LogP contribution is -2.11. The maximum absolute atomic E-state index is 4.76. The van der Waals surface area contributed by atoms with Gasteiger partial charge in [-0.15, -0.1) is 0 Å². The number of nitrogens with zero attached hydrogens (tertiary/aromatic N) is 4. The lowest BCUT2D eigenvalue weighted by Gasteiger charge is -2.13. The minimum Gasteiger partial charge on any atom is -0.373 e. The molecule has 0 unspecified atom stereocenters. The number of nitrogens with one attached hydrogen (secondary N) is 1. The quantitative estimate of drug-likeness (QED) is 0.935. The van der Waals surface area contributed by atoms with Gasteiger partial charge in [0.1, 0.15) is 11.6 Å². The lowest BCUT2D eigenvalue weighted by molar-refractivity contribution is 0.773. The standard InChI is InChI=1S/C14H18BrN5/c1-7-12(16-4)17-13(10-5-6-10)18-14(7)20-9(3)11(15)8(2)19-20/h10H,5-6H2,1-4H3,(H,16,17,18). The van der Waals surface area contributed by atoms with Crippen LogP contribution in [0.1, 0.15) is 41.5 Å². The lowest BCUT2D eigenvalue weighted by atomic mass is 10.2. The summed E-state index contributed by atoms with van der Waals surface area (Å²) >= 11 is 3.57. The maximum atomic E-state index is 4.76. The van der Waals surface area contributed by atoms with Gasteiger partial charge < -0.3 is 5.32 Å². The first kappa shape index (κ1) is 13.5. The van der Waals surface area contributed by atoms with Crippen molar-refractivity contribution >= 4 is 21.7 Å². The van der Waals surface area contributed by atoms with E-state index in [1.165, 1.54) is 12.8 Å². The minimum absolute atomic E-state index is 0.516. The molecule has 1 fully saturated rings. The van der Waals surface area contributed by atoms with Crippen molar-refractivity contribution in [3.8, 4) is 5.82 Å². The highest BCUT2D eigenvalue weighted by atomic mass is 79.9. The van der Waals surface area contributed by atoms with Crippen LogP contribution in [0.2, 0.25) is 0 Å². The van der Waals surface area contributed by atoms with Crippen molar-refractivity contribution in [3.63, 3.8) is 0 Å². The Morgan fingerprint density at radius 1 is 1.20 bits per heavy atom. The fraction of sp³-hybridized carbons (Fsp3) is 0.500. The van der Waals surface area contributed by atoms with Crippen molar-refractivity contribution in [2.75, 3.05) is 12.4 Å². The highest BCUT2D eigenvalue weighted by molar-refractivity contribution is 9.10. The molecule has 0 bridgehead atoms. The molecule has 20 heavy (non-hydrogen) atoms. The van der Waals surface area contributed by atoms with Gasteiger partial charge in [-0.05, 0) is 49.5 Å². The molecule has 1 aliphatic carbocycles. The zero-order chi connectivity index (χ0) is 14.4. The number of hydrogen-bond acceptors (Lipinski definition) is 4. The van der Waals surface area contributed by atoms with Gasteiger partial charge >= 0.3 is 0 Å². The van der Waals surface area contributed by atoms with Crippen molar-refractivity contribution in [3.05, 3.63) is 27.2 Å². The largest absolute Gasteiger partial charge is 0.373 e. The molecule has 0 radical (unpaired) electrons. The molecule has 2 heterocycles. The summed E-state index contributed by atoms with van der Waals surface area (Å²) in [6, 6.07) is 0. The predicted molar refractivity (Wildman–Crippen MR) is 82.6 cm³/mol. The van der Waals surface area contributed by atoms with Crippen LogP contribution >= 0.6 is 15.9 Å². The molecule has 2 aromatic heterocycles. The third-order valence-electron chi connectivity index (χ3n) is 3.72. The second kappa shape index (κ2) is 4.84. The van der Waals surface area contributed by atoms with Gasteiger partial charge in [-0.1, -0.05) is 0 Å². The first-order chi connectivity index (χ1) is 9.52. The number of aryl methyl sites for hydroxylation is 1. The molecule has 1 saturated carbocycles. The van der Waals surface area contributed by atoms with Crippen molar-refractivity contribution in [2.45, 2.75) is 39.5 Å². The number of aromatic nitrogens is 4. The molecule has 6 heteroatoms. The van der Waals surface area contributed by atoms with Crippen LogP contribution in [0.25, 0.3) is 5.82 Å². The number of rotatable bonds is 3. The second-order valence-corrected chi connectivity index (χ2v) is 6.09. The zero-order valence-electron chi connectivity index (χ0n) is 12.2. The third-order valence-corrected chi connectivity index (χ3v) is 4.87. The molecule has 0 atom stereocenters. The Hall–Kier alpha value is -1.43. The molecule has 3 rings (SSSR count). The predicted octanol–water partition coefficient (Wildman–Crippen LogP) is 3.27. The highest BCUT2D eigenvalue weighted by Crippen LogP contribution is 2.39. The average molecular weight is 336 g/mol. The van der Waals surface area contributed by atoms with Crippen LogP contribution in [-0.4, -0.2) is 26.8 Å². The average Bonchev–Trinajstić information content (AvgIpc) is 3.24. The van der Waals surface area contributed by atoms with Gasteiger partial charge in [0.2, 0.25) is 0 Å². The Kier molecular flexibility index (Phi) is 3.28. The van der Waals surface area contributed by atoms with E-state index >= 15 is 0 Å². The van der Waals surface area contributed by atoms with E-state index in [1.807, 2.05) is 32.5 Å². The van der Waals surface area contributed by atoms with Gasteiger partial charge in [-0.25, -0.2) is 14.6 Å². The van der Waals surface area contributed by atoms with Crippen molar-refractivity contribution in [1.82, 2.24) is 19.7 Å². The fourth-order valence-electron chi connectivity index (χ4n) is 2.33. The Morgan fingerprint density at radius 2 is 1.90 bits per heavy atom. The van der Waals surface area contributed by atoms with Gasteiger partial charge in [-0.3, -0.25) is 0 Å². The molecule has 0 aliphatic heterocycles. The first-order valence-electron chi connectivity index (χ1n) is 6.81.